The van der Waals surface area contributed by atoms with E-state index in [9.17, 15) is 4.79 Å². The van der Waals surface area contributed by atoms with Crippen LogP contribution in [0.5, 0.6) is 0 Å². The number of hydrogen-bond acceptors (Lipinski definition) is 3. The van der Waals surface area contributed by atoms with Crippen molar-refractivity contribution in [2.75, 3.05) is 0 Å². The predicted octanol–water partition coefficient (Wildman–Crippen LogP) is 3.08. The summed E-state index contributed by atoms with van der Waals surface area (Å²) in [4.78, 5) is 15.7. The first-order valence-corrected chi connectivity index (χ1v) is 6.40. The quantitative estimate of drug-likeness (QED) is 0.792. The zero-order valence-corrected chi connectivity index (χ0v) is 11.0. The molecule has 1 amide bonds. The highest BCUT2D eigenvalue weighted by Crippen LogP contribution is 2.26. The molecule has 0 aliphatic heterocycles. The van der Waals surface area contributed by atoms with E-state index < -0.39 is 0 Å². The third-order valence-electron chi connectivity index (χ3n) is 3.36. The summed E-state index contributed by atoms with van der Waals surface area (Å²) in [6.45, 7) is 1.78. The number of hydrogen-bond donors (Lipinski definition) is 1. The van der Waals surface area contributed by atoms with Crippen molar-refractivity contribution >= 4 is 17.0 Å². The second-order valence-corrected chi connectivity index (χ2v) is 4.74. The van der Waals surface area contributed by atoms with Crippen LogP contribution in [0, 0.1) is 0 Å². The largest absolute Gasteiger partial charge is 0.436 e. The molecule has 1 heterocycles. The average molecular weight is 266 g/mol. The van der Waals surface area contributed by atoms with Crippen molar-refractivity contribution in [1.29, 1.82) is 0 Å². The first kappa shape index (κ1) is 12.4. The maximum atomic E-state index is 11.2. The number of primary amides is 1. The lowest BCUT2D eigenvalue weighted by atomic mass is 10.0. The summed E-state index contributed by atoms with van der Waals surface area (Å²) in [5, 5.41) is 0. The highest BCUT2D eigenvalue weighted by molar-refractivity contribution is 5.84. The number of aromatic nitrogens is 1. The molecular formula is C16H14N2O2. The van der Waals surface area contributed by atoms with Crippen LogP contribution in [0.15, 0.2) is 52.9 Å². The van der Waals surface area contributed by atoms with E-state index in [1.165, 1.54) is 0 Å². The fraction of sp³-hybridized carbons (Fsp3) is 0.125. The van der Waals surface area contributed by atoms with Gasteiger partial charge in [0.1, 0.15) is 5.52 Å². The number of fused-ring (bicyclic) bond motifs is 1. The highest BCUT2D eigenvalue weighted by atomic mass is 16.3. The molecule has 3 rings (SSSR count). The van der Waals surface area contributed by atoms with E-state index in [-0.39, 0.29) is 11.8 Å². The topological polar surface area (TPSA) is 69.1 Å². The van der Waals surface area contributed by atoms with Gasteiger partial charge in [-0.3, -0.25) is 4.79 Å². The average Bonchev–Trinajstić information content (AvgIpc) is 2.90. The molecular weight excluding hydrogens is 252 g/mol. The molecule has 2 N–H and O–H groups in total. The Morgan fingerprint density at radius 1 is 1.20 bits per heavy atom. The number of carbonyl (C=O) groups is 1. The van der Waals surface area contributed by atoms with Gasteiger partial charge in [0, 0.05) is 5.56 Å². The molecule has 20 heavy (non-hydrogen) atoms. The summed E-state index contributed by atoms with van der Waals surface area (Å²) in [7, 11) is 0. The number of nitrogens with zero attached hydrogens (tertiary/aromatic N) is 1. The normalized spacial score (nSPS) is 12.4. The van der Waals surface area contributed by atoms with Gasteiger partial charge in [0.2, 0.25) is 11.8 Å². The number of rotatable bonds is 3. The van der Waals surface area contributed by atoms with Gasteiger partial charge in [0.15, 0.2) is 5.58 Å². The van der Waals surface area contributed by atoms with Crippen LogP contribution in [0.4, 0.5) is 0 Å². The SMILES string of the molecule is CC(C(N)=O)c1ccc2nc(-c3ccccc3)oc2c1. The number of amides is 1. The Labute approximate surface area is 116 Å². The molecule has 0 spiro atoms. The van der Waals surface area contributed by atoms with Crippen LogP contribution in [0.3, 0.4) is 0 Å². The van der Waals surface area contributed by atoms with Crippen molar-refractivity contribution < 1.29 is 9.21 Å². The Kier molecular flexibility index (Phi) is 2.99. The standard InChI is InChI=1S/C16H14N2O2/c1-10(15(17)19)12-7-8-13-14(9-12)20-16(18-13)11-5-3-2-4-6-11/h2-10H,1H3,(H2,17,19). The van der Waals surface area contributed by atoms with Gasteiger partial charge in [-0.25, -0.2) is 4.98 Å². The Morgan fingerprint density at radius 2 is 1.95 bits per heavy atom. The first-order chi connectivity index (χ1) is 9.65. The van der Waals surface area contributed by atoms with Crippen LogP contribution in [-0.4, -0.2) is 10.9 Å². The molecule has 0 aliphatic carbocycles. The van der Waals surface area contributed by atoms with Gasteiger partial charge in [-0.05, 0) is 36.8 Å². The van der Waals surface area contributed by atoms with Gasteiger partial charge in [-0.15, -0.1) is 0 Å². The second kappa shape index (κ2) is 4.81. The van der Waals surface area contributed by atoms with Crippen LogP contribution in [-0.2, 0) is 4.79 Å². The zero-order valence-electron chi connectivity index (χ0n) is 11.0. The minimum Gasteiger partial charge on any atom is -0.436 e. The highest BCUT2D eigenvalue weighted by Gasteiger charge is 2.14. The zero-order chi connectivity index (χ0) is 14.1. The Balaban J connectivity index is 2.06. The molecule has 1 aromatic heterocycles. The third kappa shape index (κ3) is 2.16. The van der Waals surface area contributed by atoms with Gasteiger partial charge in [0.05, 0.1) is 5.92 Å². The van der Waals surface area contributed by atoms with Gasteiger partial charge >= 0.3 is 0 Å². The molecule has 3 aromatic rings. The minimum atomic E-state index is -0.354. The van der Waals surface area contributed by atoms with Crippen LogP contribution in [0.25, 0.3) is 22.6 Å². The molecule has 0 fully saturated rings. The van der Waals surface area contributed by atoms with Crippen LogP contribution < -0.4 is 5.73 Å². The summed E-state index contributed by atoms with van der Waals surface area (Å²) in [6, 6.07) is 15.2. The van der Waals surface area contributed by atoms with Crippen molar-refractivity contribution in [3.8, 4) is 11.5 Å². The van der Waals surface area contributed by atoms with Gasteiger partial charge < -0.3 is 10.2 Å². The maximum absolute atomic E-state index is 11.2. The van der Waals surface area contributed by atoms with E-state index in [1.54, 1.807) is 6.92 Å². The smallest absolute Gasteiger partial charge is 0.227 e. The number of nitrogens with two attached hydrogens (primary N) is 1. The molecule has 0 aliphatic rings. The molecule has 0 saturated carbocycles. The van der Waals surface area contributed by atoms with Crippen LogP contribution in [0.1, 0.15) is 18.4 Å². The molecule has 2 aromatic carbocycles. The van der Waals surface area contributed by atoms with Crippen LogP contribution in [0.2, 0.25) is 0 Å². The summed E-state index contributed by atoms with van der Waals surface area (Å²) < 4.78 is 5.76. The fourth-order valence-corrected chi connectivity index (χ4v) is 2.08. The van der Waals surface area contributed by atoms with E-state index in [1.807, 2.05) is 48.5 Å². The molecule has 1 unspecified atom stereocenters. The number of carbonyl (C=O) groups excluding carboxylic acids is 1. The lowest BCUT2D eigenvalue weighted by molar-refractivity contribution is -0.119. The molecule has 4 heteroatoms. The molecule has 100 valence electrons. The van der Waals surface area contributed by atoms with Gasteiger partial charge in [0.25, 0.3) is 0 Å². The van der Waals surface area contributed by atoms with Crippen molar-refractivity contribution in [3.63, 3.8) is 0 Å². The molecule has 4 nitrogen and oxygen atoms in total. The predicted molar refractivity (Wildman–Crippen MR) is 77.1 cm³/mol. The maximum Gasteiger partial charge on any atom is 0.227 e. The molecule has 0 radical (unpaired) electrons. The summed E-state index contributed by atoms with van der Waals surface area (Å²) in [6.07, 6.45) is 0. The summed E-state index contributed by atoms with van der Waals surface area (Å²) >= 11 is 0. The van der Waals surface area contributed by atoms with E-state index >= 15 is 0 Å². The van der Waals surface area contributed by atoms with E-state index in [0.29, 0.717) is 11.5 Å². The lowest BCUT2D eigenvalue weighted by Gasteiger charge is -2.06. The molecule has 0 saturated heterocycles. The monoisotopic (exact) mass is 266 g/mol. The van der Waals surface area contributed by atoms with E-state index in [4.69, 9.17) is 10.2 Å². The van der Waals surface area contributed by atoms with Gasteiger partial charge in [-0.2, -0.15) is 0 Å². The van der Waals surface area contributed by atoms with Crippen LogP contribution >= 0.6 is 0 Å². The minimum absolute atomic E-state index is 0.343. The molecule has 0 bridgehead atoms. The fourth-order valence-electron chi connectivity index (χ4n) is 2.08. The Morgan fingerprint density at radius 3 is 2.65 bits per heavy atom. The summed E-state index contributed by atoms with van der Waals surface area (Å²) in [5.74, 6) is -0.124. The Hall–Kier alpha value is -2.62. The second-order valence-electron chi connectivity index (χ2n) is 4.74. The summed E-state index contributed by atoms with van der Waals surface area (Å²) in [5.41, 5.74) is 8.51. The first-order valence-electron chi connectivity index (χ1n) is 6.40. The Bertz CT molecular complexity index is 763. The number of benzene rings is 2. The molecule has 1 atom stereocenters. The van der Waals surface area contributed by atoms with E-state index in [2.05, 4.69) is 4.98 Å². The van der Waals surface area contributed by atoms with E-state index in [0.717, 1.165) is 16.6 Å². The van der Waals surface area contributed by atoms with Crippen molar-refractivity contribution in [2.45, 2.75) is 12.8 Å². The van der Waals surface area contributed by atoms with Crippen molar-refractivity contribution in [3.05, 3.63) is 54.1 Å². The van der Waals surface area contributed by atoms with Crippen molar-refractivity contribution in [1.82, 2.24) is 4.98 Å². The van der Waals surface area contributed by atoms with Gasteiger partial charge in [-0.1, -0.05) is 24.3 Å². The lowest BCUT2D eigenvalue weighted by Crippen LogP contribution is -2.18. The number of oxazole rings is 1. The van der Waals surface area contributed by atoms with Crippen molar-refractivity contribution in [2.24, 2.45) is 5.73 Å². The third-order valence-corrected chi connectivity index (χ3v) is 3.36.